The Morgan fingerprint density at radius 3 is 2.54 bits per heavy atom. The van der Waals surface area contributed by atoms with E-state index < -0.39 is 11.9 Å². The number of carboxylic acids is 1. The Hall–Kier alpha value is -4.30. The minimum Gasteiger partial charge on any atom is -0.496 e. The first kappa shape index (κ1) is 23.8. The van der Waals surface area contributed by atoms with Gasteiger partial charge in [0, 0.05) is 36.1 Å². The standard InChI is InChI=1S/C26H23ClN4O4/c1-30-21-11-10-18(27)13-22(21)31(19-6-4-3-5-7-19)25(32)20(24(30)28)15-29-14-17-9-8-16(26(33)34)12-23(17)35-2/h3-13,15,28-29H,14H2,1-2H3,(H,33,34)/b20-15+,28-24?. The van der Waals surface area contributed by atoms with Gasteiger partial charge in [0.25, 0.3) is 5.91 Å². The van der Waals surface area contributed by atoms with E-state index in [4.69, 9.17) is 21.7 Å². The largest absolute Gasteiger partial charge is 0.496 e. The highest BCUT2D eigenvalue weighted by Crippen LogP contribution is 2.40. The maximum atomic E-state index is 13.8. The molecule has 1 amide bonds. The SMILES string of the molecule is COc1cc(C(=O)O)ccc1CN/C=C1\C(=N)N(C)c2ccc(Cl)cc2N(c2ccccc2)C1=O. The summed E-state index contributed by atoms with van der Waals surface area (Å²) in [5.74, 6) is -1.03. The number of halogens is 1. The number of aromatic carboxylic acids is 1. The molecule has 0 saturated carbocycles. The number of hydrogen-bond acceptors (Lipinski definition) is 5. The maximum absolute atomic E-state index is 13.8. The van der Waals surface area contributed by atoms with Crippen LogP contribution in [0.25, 0.3) is 0 Å². The molecule has 0 radical (unpaired) electrons. The normalized spacial score (nSPS) is 14.5. The van der Waals surface area contributed by atoms with Crippen molar-refractivity contribution in [3.8, 4) is 5.75 Å². The summed E-state index contributed by atoms with van der Waals surface area (Å²) >= 11 is 6.28. The van der Waals surface area contributed by atoms with Crippen LogP contribution < -0.4 is 19.9 Å². The second kappa shape index (κ2) is 9.90. The van der Waals surface area contributed by atoms with Gasteiger partial charge >= 0.3 is 5.97 Å². The molecule has 0 saturated heterocycles. The summed E-state index contributed by atoms with van der Waals surface area (Å²) in [4.78, 5) is 28.2. The summed E-state index contributed by atoms with van der Waals surface area (Å²) in [6, 6.07) is 18.9. The molecule has 1 aliphatic heterocycles. The van der Waals surface area contributed by atoms with Gasteiger partial charge in [-0.3, -0.25) is 15.1 Å². The number of methoxy groups -OCH3 is 1. The molecule has 0 aliphatic carbocycles. The number of benzene rings is 3. The molecule has 3 aromatic rings. The highest BCUT2D eigenvalue weighted by molar-refractivity contribution is 6.34. The lowest BCUT2D eigenvalue weighted by atomic mass is 10.1. The maximum Gasteiger partial charge on any atom is 0.335 e. The van der Waals surface area contributed by atoms with E-state index in [9.17, 15) is 14.7 Å². The van der Waals surface area contributed by atoms with Crippen LogP contribution in [0.15, 0.2) is 78.5 Å². The lowest BCUT2D eigenvalue weighted by Gasteiger charge is -2.24. The van der Waals surface area contributed by atoms with Crippen molar-refractivity contribution in [3.05, 3.63) is 94.7 Å². The highest BCUT2D eigenvalue weighted by Gasteiger charge is 2.33. The third-order valence-electron chi connectivity index (χ3n) is 5.65. The predicted octanol–water partition coefficient (Wildman–Crippen LogP) is 4.81. The summed E-state index contributed by atoms with van der Waals surface area (Å²) in [5.41, 5.74) is 2.82. The molecule has 3 N–H and O–H groups in total. The number of carbonyl (C=O) groups excluding carboxylic acids is 1. The minimum atomic E-state index is -1.05. The summed E-state index contributed by atoms with van der Waals surface area (Å²) in [7, 11) is 3.18. The molecule has 0 fully saturated rings. The van der Waals surface area contributed by atoms with E-state index in [1.54, 1.807) is 36.2 Å². The number of nitrogens with zero attached hydrogens (tertiary/aromatic N) is 2. The Labute approximate surface area is 207 Å². The van der Waals surface area contributed by atoms with E-state index in [-0.39, 0.29) is 23.5 Å². The summed E-state index contributed by atoms with van der Waals surface area (Å²) in [6.45, 7) is 0.251. The van der Waals surface area contributed by atoms with Crippen molar-refractivity contribution in [1.29, 1.82) is 5.41 Å². The van der Waals surface area contributed by atoms with E-state index in [0.29, 0.717) is 33.4 Å². The second-order valence-corrected chi connectivity index (χ2v) is 8.22. The van der Waals surface area contributed by atoms with Gasteiger partial charge in [0.1, 0.15) is 11.6 Å². The molecule has 4 rings (SSSR count). The first-order valence-corrected chi connectivity index (χ1v) is 11.0. The van der Waals surface area contributed by atoms with Gasteiger partial charge < -0.3 is 20.1 Å². The van der Waals surface area contributed by atoms with Crippen LogP contribution in [0.1, 0.15) is 15.9 Å². The molecular weight excluding hydrogens is 468 g/mol. The van der Waals surface area contributed by atoms with Crippen LogP contribution in [0.2, 0.25) is 5.02 Å². The topological polar surface area (TPSA) is 106 Å². The second-order valence-electron chi connectivity index (χ2n) is 7.79. The third kappa shape index (κ3) is 4.69. The predicted molar refractivity (Wildman–Crippen MR) is 136 cm³/mol. The van der Waals surface area contributed by atoms with Crippen LogP contribution in [0.4, 0.5) is 17.1 Å². The Kier molecular flexibility index (Phi) is 6.75. The molecule has 0 spiro atoms. The fourth-order valence-electron chi connectivity index (χ4n) is 3.84. The molecule has 178 valence electrons. The van der Waals surface area contributed by atoms with E-state index in [1.807, 2.05) is 30.3 Å². The van der Waals surface area contributed by atoms with Crippen LogP contribution in [-0.4, -0.2) is 37.0 Å². The van der Waals surface area contributed by atoms with Crippen LogP contribution in [-0.2, 0) is 11.3 Å². The molecule has 0 unspecified atom stereocenters. The Balaban J connectivity index is 1.71. The fourth-order valence-corrected chi connectivity index (χ4v) is 4.01. The number of amides is 1. The van der Waals surface area contributed by atoms with Crippen molar-refractivity contribution < 1.29 is 19.4 Å². The van der Waals surface area contributed by atoms with Gasteiger partial charge in [-0.1, -0.05) is 35.9 Å². The lowest BCUT2D eigenvalue weighted by Crippen LogP contribution is -2.33. The molecule has 35 heavy (non-hydrogen) atoms. The number of carboxylic acid groups (broad SMARTS) is 1. The number of para-hydroxylation sites is 1. The van der Waals surface area contributed by atoms with Crippen LogP contribution >= 0.6 is 11.6 Å². The summed E-state index contributed by atoms with van der Waals surface area (Å²) < 4.78 is 5.32. The van der Waals surface area contributed by atoms with Gasteiger partial charge in [-0.25, -0.2) is 4.79 Å². The molecular formula is C26H23ClN4O4. The number of hydrogen-bond donors (Lipinski definition) is 3. The third-order valence-corrected chi connectivity index (χ3v) is 5.89. The molecule has 0 atom stereocenters. The zero-order valence-corrected chi connectivity index (χ0v) is 19.8. The quantitative estimate of drug-likeness (QED) is 0.428. The van der Waals surface area contributed by atoms with Gasteiger partial charge in [-0.05, 0) is 42.5 Å². The highest BCUT2D eigenvalue weighted by atomic mass is 35.5. The number of ether oxygens (including phenoxy) is 1. The average Bonchev–Trinajstić information content (AvgIpc) is 2.93. The molecule has 0 aromatic heterocycles. The van der Waals surface area contributed by atoms with E-state index in [2.05, 4.69) is 5.32 Å². The smallest absolute Gasteiger partial charge is 0.335 e. The molecule has 0 bridgehead atoms. The van der Waals surface area contributed by atoms with Crippen molar-refractivity contribution in [2.75, 3.05) is 24.0 Å². The Morgan fingerprint density at radius 2 is 1.86 bits per heavy atom. The van der Waals surface area contributed by atoms with E-state index in [1.165, 1.54) is 30.3 Å². The van der Waals surface area contributed by atoms with Crippen molar-refractivity contribution in [3.63, 3.8) is 0 Å². The number of nitrogens with one attached hydrogen (secondary N) is 2. The van der Waals surface area contributed by atoms with Crippen molar-refractivity contribution in [2.24, 2.45) is 0 Å². The lowest BCUT2D eigenvalue weighted by molar-refractivity contribution is -0.114. The summed E-state index contributed by atoms with van der Waals surface area (Å²) in [6.07, 6.45) is 1.50. The van der Waals surface area contributed by atoms with Gasteiger partial charge in [0.15, 0.2) is 0 Å². The Bertz CT molecular complexity index is 1340. The molecule has 1 heterocycles. The van der Waals surface area contributed by atoms with Crippen LogP contribution in [0, 0.1) is 5.41 Å². The number of likely N-dealkylation sites (N-methyl/N-ethyl adjacent to an activating group) is 1. The molecule has 3 aromatic carbocycles. The van der Waals surface area contributed by atoms with Crippen LogP contribution in [0.5, 0.6) is 5.75 Å². The van der Waals surface area contributed by atoms with Gasteiger partial charge in [0.05, 0.1) is 29.6 Å². The number of amidine groups is 1. The van der Waals surface area contributed by atoms with E-state index in [0.717, 1.165) is 0 Å². The minimum absolute atomic E-state index is 0.0118. The Morgan fingerprint density at radius 1 is 1.11 bits per heavy atom. The molecule has 1 aliphatic rings. The number of rotatable bonds is 6. The number of fused-ring (bicyclic) bond motifs is 1. The molecule has 8 nitrogen and oxygen atoms in total. The van der Waals surface area contributed by atoms with Crippen molar-refractivity contribution >= 4 is 46.4 Å². The number of carbonyl (C=O) groups is 2. The monoisotopic (exact) mass is 490 g/mol. The molecule has 9 heteroatoms. The fraction of sp³-hybridized carbons (Fsp3) is 0.115. The van der Waals surface area contributed by atoms with Crippen molar-refractivity contribution in [1.82, 2.24) is 5.32 Å². The van der Waals surface area contributed by atoms with Crippen molar-refractivity contribution in [2.45, 2.75) is 6.54 Å². The zero-order chi connectivity index (χ0) is 25.1. The zero-order valence-electron chi connectivity index (χ0n) is 19.1. The van der Waals surface area contributed by atoms with Gasteiger partial charge in [-0.15, -0.1) is 0 Å². The van der Waals surface area contributed by atoms with Crippen LogP contribution in [0.3, 0.4) is 0 Å². The first-order chi connectivity index (χ1) is 16.8. The first-order valence-electron chi connectivity index (χ1n) is 10.7. The van der Waals surface area contributed by atoms with Gasteiger partial charge in [-0.2, -0.15) is 0 Å². The van der Waals surface area contributed by atoms with E-state index >= 15 is 0 Å². The summed E-state index contributed by atoms with van der Waals surface area (Å²) in [5, 5.41) is 21.5. The number of anilines is 3. The van der Waals surface area contributed by atoms with Gasteiger partial charge in [0.2, 0.25) is 0 Å². The average molecular weight is 491 g/mol.